The Morgan fingerprint density at radius 3 is 2.59 bits per heavy atom. The number of aliphatic hydroxyl groups excluding tert-OH is 1. The van der Waals surface area contributed by atoms with Crippen LogP contribution < -0.4 is 4.90 Å². The third-order valence-electron chi connectivity index (χ3n) is 3.01. The van der Waals surface area contributed by atoms with Crippen LogP contribution in [-0.2, 0) is 11.3 Å². The monoisotopic (exact) mass is 239 g/mol. The third kappa shape index (κ3) is 2.58. The smallest absolute Gasteiger partial charge is 0.130 e. The highest BCUT2D eigenvalue weighted by Crippen LogP contribution is 2.26. The van der Waals surface area contributed by atoms with Gasteiger partial charge in [0, 0.05) is 24.3 Å². The van der Waals surface area contributed by atoms with Gasteiger partial charge in [0.05, 0.1) is 18.8 Å². The topological polar surface area (TPSA) is 32.7 Å². The zero-order valence-electron chi connectivity index (χ0n) is 10.2. The maximum atomic E-state index is 13.6. The number of aliphatic hydroxyl groups is 1. The summed E-state index contributed by atoms with van der Waals surface area (Å²) in [6, 6.07) is 4.90. The van der Waals surface area contributed by atoms with Crippen LogP contribution in [0, 0.1) is 5.82 Å². The first-order chi connectivity index (χ1) is 8.11. The Morgan fingerprint density at radius 1 is 1.35 bits per heavy atom. The minimum absolute atomic E-state index is 0.119. The third-order valence-corrected chi connectivity index (χ3v) is 3.01. The Morgan fingerprint density at radius 2 is 2.00 bits per heavy atom. The van der Waals surface area contributed by atoms with Gasteiger partial charge in [-0.3, -0.25) is 0 Å². The van der Waals surface area contributed by atoms with Crippen molar-refractivity contribution >= 4 is 5.69 Å². The summed E-state index contributed by atoms with van der Waals surface area (Å²) in [4.78, 5) is 2.08. The first-order valence-corrected chi connectivity index (χ1v) is 5.90. The predicted molar refractivity (Wildman–Crippen MR) is 64.5 cm³/mol. The van der Waals surface area contributed by atoms with Crippen LogP contribution >= 0.6 is 0 Å². The molecule has 1 heterocycles. The number of ether oxygens (including phenoxy) is 1. The molecule has 2 unspecified atom stereocenters. The Balaban J connectivity index is 2.30. The van der Waals surface area contributed by atoms with Crippen LogP contribution in [-0.4, -0.2) is 30.4 Å². The minimum Gasteiger partial charge on any atom is -0.391 e. The van der Waals surface area contributed by atoms with E-state index in [1.807, 2.05) is 19.9 Å². The Kier molecular flexibility index (Phi) is 3.64. The van der Waals surface area contributed by atoms with E-state index in [2.05, 4.69) is 4.90 Å². The SMILES string of the molecule is CC1CN(c2cccc(F)c2CO)CC(C)O1. The lowest BCUT2D eigenvalue weighted by Gasteiger charge is -2.37. The molecule has 1 aliphatic rings. The van der Waals surface area contributed by atoms with E-state index >= 15 is 0 Å². The lowest BCUT2D eigenvalue weighted by Crippen LogP contribution is -2.45. The fourth-order valence-corrected chi connectivity index (χ4v) is 2.37. The van der Waals surface area contributed by atoms with Crippen molar-refractivity contribution in [2.75, 3.05) is 18.0 Å². The van der Waals surface area contributed by atoms with E-state index in [-0.39, 0.29) is 24.6 Å². The fourth-order valence-electron chi connectivity index (χ4n) is 2.37. The largest absolute Gasteiger partial charge is 0.391 e. The number of halogens is 1. The lowest BCUT2D eigenvalue weighted by molar-refractivity contribution is -0.00534. The molecule has 4 heteroatoms. The van der Waals surface area contributed by atoms with Crippen molar-refractivity contribution < 1.29 is 14.2 Å². The number of nitrogens with zero attached hydrogens (tertiary/aromatic N) is 1. The summed E-state index contributed by atoms with van der Waals surface area (Å²) in [6.07, 6.45) is 0.238. The van der Waals surface area contributed by atoms with Crippen LogP contribution in [0.3, 0.4) is 0 Å². The molecule has 0 amide bonds. The number of benzene rings is 1. The summed E-state index contributed by atoms with van der Waals surface area (Å²) in [5, 5.41) is 9.26. The number of hydrogen-bond donors (Lipinski definition) is 1. The van der Waals surface area contributed by atoms with Gasteiger partial charge in [0.25, 0.3) is 0 Å². The fraction of sp³-hybridized carbons (Fsp3) is 0.538. The molecule has 1 aliphatic heterocycles. The highest BCUT2D eigenvalue weighted by Gasteiger charge is 2.24. The Labute approximate surface area is 101 Å². The van der Waals surface area contributed by atoms with Crippen LogP contribution in [0.4, 0.5) is 10.1 Å². The van der Waals surface area contributed by atoms with Crippen LogP contribution in [0.2, 0.25) is 0 Å². The van der Waals surface area contributed by atoms with Crippen LogP contribution in [0.1, 0.15) is 19.4 Å². The summed E-state index contributed by atoms with van der Waals surface area (Å²) in [5.74, 6) is -0.350. The van der Waals surface area contributed by atoms with E-state index in [1.54, 1.807) is 6.07 Å². The van der Waals surface area contributed by atoms with Gasteiger partial charge in [0.15, 0.2) is 0 Å². The molecule has 1 fully saturated rings. The van der Waals surface area contributed by atoms with Crippen molar-refractivity contribution in [3.8, 4) is 0 Å². The van der Waals surface area contributed by atoms with Crippen molar-refractivity contribution in [2.24, 2.45) is 0 Å². The van der Waals surface area contributed by atoms with E-state index in [0.717, 1.165) is 18.8 Å². The van der Waals surface area contributed by atoms with E-state index in [1.165, 1.54) is 6.07 Å². The molecule has 17 heavy (non-hydrogen) atoms. The van der Waals surface area contributed by atoms with E-state index in [9.17, 15) is 9.50 Å². The molecule has 0 spiro atoms. The lowest BCUT2D eigenvalue weighted by atomic mass is 10.1. The van der Waals surface area contributed by atoms with Gasteiger partial charge >= 0.3 is 0 Å². The second-order valence-electron chi connectivity index (χ2n) is 4.56. The molecule has 2 atom stereocenters. The summed E-state index contributed by atoms with van der Waals surface area (Å²) in [5.41, 5.74) is 1.14. The standard InChI is InChI=1S/C13H18FNO2/c1-9-6-15(7-10(2)17-9)13-5-3-4-12(14)11(13)8-16/h3-5,9-10,16H,6-8H2,1-2H3. The molecule has 0 saturated carbocycles. The molecule has 0 bridgehead atoms. The quantitative estimate of drug-likeness (QED) is 0.856. The predicted octanol–water partition coefficient (Wildman–Crippen LogP) is 1.93. The van der Waals surface area contributed by atoms with Gasteiger partial charge in [0.2, 0.25) is 0 Å². The molecule has 1 aromatic rings. The number of rotatable bonds is 2. The summed E-state index contributed by atoms with van der Waals surface area (Å²) < 4.78 is 19.2. The number of morpholine rings is 1. The number of hydrogen-bond acceptors (Lipinski definition) is 3. The molecule has 0 radical (unpaired) electrons. The number of anilines is 1. The molecular formula is C13H18FNO2. The van der Waals surface area contributed by atoms with Crippen molar-refractivity contribution in [3.63, 3.8) is 0 Å². The van der Waals surface area contributed by atoms with E-state index < -0.39 is 0 Å². The minimum atomic E-state index is -0.350. The Bertz CT molecular complexity index is 387. The molecule has 3 nitrogen and oxygen atoms in total. The molecule has 0 aliphatic carbocycles. The summed E-state index contributed by atoms with van der Waals surface area (Å²) in [6.45, 7) is 5.17. The van der Waals surface area contributed by atoms with Gasteiger partial charge in [-0.2, -0.15) is 0 Å². The molecular weight excluding hydrogens is 221 g/mol. The van der Waals surface area contributed by atoms with Gasteiger partial charge in [-0.05, 0) is 26.0 Å². The second-order valence-corrected chi connectivity index (χ2v) is 4.56. The average Bonchev–Trinajstić information content (AvgIpc) is 2.27. The van der Waals surface area contributed by atoms with Crippen molar-refractivity contribution in [1.29, 1.82) is 0 Å². The maximum Gasteiger partial charge on any atom is 0.130 e. The Hall–Kier alpha value is -1.13. The van der Waals surface area contributed by atoms with Gasteiger partial charge in [-0.15, -0.1) is 0 Å². The first kappa shape index (κ1) is 12.3. The molecule has 1 aromatic carbocycles. The van der Waals surface area contributed by atoms with Crippen molar-refractivity contribution in [3.05, 3.63) is 29.6 Å². The first-order valence-electron chi connectivity index (χ1n) is 5.90. The maximum absolute atomic E-state index is 13.6. The average molecular weight is 239 g/mol. The normalized spacial score (nSPS) is 25.1. The molecule has 2 rings (SSSR count). The van der Waals surface area contributed by atoms with Gasteiger partial charge in [-0.25, -0.2) is 4.39 Å². The zero-order chi connectivity index (χ0) is 12.4. The van der Waals surface area contributed by atoms with E-state index in [0.29, 0.717) is 5.56 Å². The molecule has 1 saturated heterocycles. The van der Waals surface area contributed by atoms with Gasteiger partial charge < -0.3 is 14.7 Å². The molecule has 1 N–H and O–H groups in total. The molecule has 0 aromatic heterocycles. The summed E-state index contributed by atoms with van der Waals surface area (Å²) in [7, 11) is 0. The van der Waals surface area contributed by atoms with Gasteiger partial charge in [0.1, 0.15) is 5.82 Å². The summed E-state index contributed by atoms with van der Waals surface area (Å²) >= 11 is 0. The molecule has 94 valence electrons. The highest BCUT2D eigenvalue weighted by atomic mass is 19.1. The highest BCUT2D eigenvalue weighted by molar-refractivity contribution is 5.54. The van der Waals surface area contributed by atoms with Crippen molar-refractivity contribution in [2.45, 2.75) is 32.7 Å². The van der Waals surface area contributed by atoms with E-state index in [4.69, 9.17) is 4.74 Å². The second kappa shape index (κ2) is 5.02. The van der Waals surface area contributed by atoms with Crippen molar-refractivity contribution in [1.82, 2.24) is 0 Å². The van der Waals surface area contributed by atoms with Crippen LogP contribution in [0.5, 0.6) is 0 Å². The van der Waals surface area contributed by atoms with Crippen LogP contribution in [0.15, 0.2) is 18.2 Å². The van der Waals surface area contributed by atoms with Crippen LogP contribution in [0.25, 0.3) is 0 Å². The zero-order valence-corrected chi connectivity index (χ0v) is 10.2. The van der Waals surface area contributed by atoms with Gasteiger partial charge in [-0.1, -0.05) is 6.07 Å².